The van der Waals surface area contributed by atoms with Gasteiger partial charge in [-0.1, -0.05) is 56.3 Å². The van der Waals surface area contributed by atoms with Crippen molar-refractivity contribution < 1.29 is 9.53 Å². The van der Waals surface area contributed by atoms with Gasteiger partial charge in [-0.3, -0.25) is 9.59 Å². The van der Waals surface area contributed by atoms with Gasteiger partial charge in [0.25, 0.3) is 11.5 Å². The first kappa shape index (κ1) is 24.3. The van der Waals surface area contributed by atoms with E-state index in [1.54, 1.807) is 17.4 Å². The normalized spacial score (nSPS) is 11.0. The van der Waals surface area contributed by atoms with Crippen molar-refractivity contribution in [3.05, 3.63) is 88.3 Å². The number of aryl methyl sites for hydroxylation is 1. The molecule has 0 saturated heterocycles. The lowest BCUT2D eigenvalue weighted by Gasteiger charge is -2.10. The number of benzene rings is 2. The second kappa shape index (κ2) is 11.1. The molecule has 35 heavy (non-hydrogen) atoms. The van der Waals surface area contributed by atoms with Crippen LogP contribution in [0.5, 0.6) is 5.75 Å². The minimum atomic E-state index is -0.257. The van der Waals surface area contributed by atoms with Crippen molar-refractivity contribution in [2.75, 3.05) is 13.2 Å². The van der Waals surface area contributed by atoms with Gasteiger partial charge < -0.3 is 10.1 Å². The van der Waals surface area contributed by atoms with Crippen LogP contribution in [0.25, 0.3) is 21.1 Å². The van der Waals surface area contributed by atoms with Crippen LogP contribution in [0.1, 0.15) is 31.0 Å². The first-order valence-corrected chi connectivity index (χ1v) is 12.3. The molecular weight excluding hydrogens is 460 g/mol. The van der Waals surface area contributed by atoms with E-state index in [1.165, 1.54) is 16.3 Å². The van der Waals surface area contributed by atoms with Crippen LogP contribution in [-0.2, 0) is 11.3 Å². The van der Waals surface area contributed by atoms with E-state index in [4.69, 9.17) is 4.74 Å². The number of thiazole rings is 1. The Balaban J connectivity index is 1.34. The van der Waals surface area contributed by atoms with Crippen LogP contribution < -0.4 is 15.6 Å². The van der Waals surface area contributed by atoms with Crippen molar-refractivity contribution in [3.63, 3.8) is 0 Å². The lowest BCUT2D eigenvalue weighted by Crippen LogP contribution is -2.34. The molecule has 7 nitrogen and oxygen atoms in total. The molecule has 4 aromatic rings. The molecule has 0 aliphatic rings. The van der Waals surface area contributed by atoms with Crippen molar-refractivity contribution in [2.24, 2.45) is 0 Å². The zero-order chi connectivity index (χ0) is 24.8. The number of hydrogen-bond acceptors (Lipinski definition) is 6. The van der Waals surface area contributed by atoms with Crippen LogP contribution in [0, 0.1) is 6.92 Å². The molecule has 1 N–H and O–H groups in total. The Morgan fingerprint density at radius 2 is 1.80 bits per heavy atom. The van der Waals surface area contributed by atoms with E-state index < -0.39 is 0 Å². The van der Waals surface area contributed by atoms with E-state index in [0.717, 1.165) is 21.1 Å². The monoisotopic (exact) mass is 488 g/mol. The Hall–Kier alpha value is -3.78. The third kappa shape index (κ3) is 6.22. The second-order valence-corrected chi connectivity index (χ2v) is 9.44. The Morgan fingerprint density at radius 1 is 1.06 bits per heavy atom. The van der Waals surface area contributed by atoms with Gasteiger partial charge in [-0.2, -0.15) is 5.10 Å². The average molecular weight is 489 g/mol. The second-order valence-electron chi connectivity index (χ2n) is 8.44. The maximum absolute atomic E-state index is 12.3. The predicted octanol–water partition coefficient (Wildman–Crippen LogP) is 4.66. The Kier molecular flexibility index (Phi) is 7.72. The zero-order valence-corrected chi connectivity index (χ0v) is 20.8. The summed E-state index contributed by atoms with van der Waals surface area (Å²) in [5, 5.41) is 8.20. The van der Waals surface area contributed by atoms with E-state index in [0.29, 0.717) is 17.4 Å². The summed E-state index contributed by atoms with van der Waals surface area (Å²) in [7, 11) is 0. The summed E-state index contributed by atoms with van der Waals surface area (Å²) < 4.78 is 6.92. The van der Waals surface area contributed by atoms with Crippen molar-refractivity contribution in [1.82, 2.24) is 20.1 Å². The van der Waals surface area contributed by atoms with Gasteiger partial charge in [0.2, 0.25) is 0 Å². The van der Waals surface area contributed by atoms with E-state index in [1.807, 2.05) is 61.5 Å². The Labute approximate surface area is 208 Å². The maximum atomic E-state index is 12.3. The molecule has 2 aromatic carbocycles. The molecule has 180 valence electrons. The number of aromatic nitrogens is 3. The quantitative estimate of drug-likeness (QED) is 0.370. The van der Waals surface area contributed by atoms with Crippen LogP contribution in [-0.4, -0.2) is 33.8 Å². The predicted molar refractivity (Wildman–Crippen MR) is 139 cm³/mol. The smallest absolute Gasteiger partial charge is 0.266 e. The standard InChI is InChI=1S/C27H28N4O3S/c1-18(2)20-9-11-22(12-10-20)34-17-24(32)28-15-16-31-25(33)14-13-23(30-31)26-19(3)29-27(35-26)21-7-5-4-6-8-21/h4-14,18H,15-17H2,1-3H3,(H,28,32). The minimum Gasteiger partial charge on any atom is -0.484 e. The van der Waals surface area contributed by atoms with Gasteiger partial charge in [0, 0.05) is 18.2 Å². The summed E-state index contributed by atoms with van der Waals surface area (Å²) in [4.78, 5) is 30.1. The highest BCUT2D eigenvalue weighted by molar-refractivity contribution is 7.18. The van der Waals surface area contributed by atoms with Gasteiger partial charge in [0.15, 0.2) is 6.61 Å². The highest BCUT2D eigenvalue weighted by Crippen LogP contribution is 2.33. The fraction of sp³-hybridized carbons (Fsp3) is 0.259. The largest absolute Gasteiger partial charge is 0.484 e. The molecule has 1 amide bonds. The van der Waals surface area contributed by atoms with E-state index in [-0.39, 0.29) is 31.2 Å². The molecule has 0 spiro atoms. The number of carbonyl (C=O) groups is 1. The number of nitrogens with zero attached hydrogens (tertiary/aromatic N) is 3. The fourth-order valence-electron chi connectivity index (χ4n) is 3.52. The van der Waals surface area contributed by atoms with Crippen molar-refractivity contribution in [1.29, 1.82) is 0 Å². The van der Waals surface area contributed by atoms with Crippen LogP contribution in [0.3, 0.4) is 0 Å². The van der Waals surface area contributed by atoms with Crippen LogP contribution in [0.15, 0.2) is 71.5 Å². The molecule has 0 aliphatic heterocycles. The molecule has 2 aromatic heterocycles. The first-order valence-electron chi connectivity index (χ1n) is 11.5. The number of amides is 1. The molecule has 0 atom stereocenters. The average Bonchev–Trinajstić information content (AvgIpc) is 3.26. The highest BCUT2D eigenvalue weighted by Gasteiger charge is 2.14. The van der Waals surface area contributed by atoms with Crippen molar-refractivity contribution in [2.45, 2.75) is 33.2 Å². The molecule has 8 heteroatoms. The molecule has 4 rings (SSSR count). The minimum absolute atomic E-state index is 0.0916. The zero-order valence-electron chi connectivity index (χ0n) is 20.0. The molecule has 0 radical (unpaired) electrons. The van der Waals surface area contributed by atoms with Gasteiger partial charge in [-0.25, -0.2) is 9.67 Å². The van der Waals surface area contributed by atoms with Crippen molar-refractivity contribution in [3.8, 4) is 26.9 Å². The molecule has 0 fully saturated rings. The SMILES string of the molecule is Cc1nc(-c2ccccc2)sc1-c1ccc(=O)n(CCNC(=O)COc2ccc(C(C)C)cc2)n1. The molecule has 0 aliphatic carbocycles. The van der Waals surface area contributed by atoms with Crippen LogP contribution >= 0.6 is 11.3 Å². The number of hydrogen-bond donors (Lipinski definition) is 1. The number of rotatable bonds is 9. The van der Waals surface area contributed by atoms with E-state index >= 15 is 0 Å². The Bertz CT molecular complexity index is 1350. The molecule has 0 saturated carbocycles. The lowest BCUT2D eigenvalue weighted by atomic mass is 10.0. The summed E-state index contributed by atoms with van der Waals surface area (Å²) in [6, 6.07) is 20.9. The van der Waals surface area contributed by atoms with E-state index in [2.05, 4.69) is 29.2 Å². The van der Waals surface area contributed by atoms with E-state index in [9.17, 15) is 9.59 Å². The molecule has 2 heterocycles. The molecular formula is C27H28N4O3S. The van der Waals surface area contributed by atoms with Gasteiger partial charge in [-0.05, 0) is 36.6 Å². The number of ether oxygens (including phenoxy) is 1. The number of carbonyl (C=O) groups excluding carboxylic acids is 1. The van der Waals surface area contributed by atoms with Crippen LogP contribution in [0.4, 0.5) is 0 Å². The summed E-state index contributed by atoms with van der Waals surface area (Å²) in [5.74, 6) is 0.826. The highest BCUT2D eigenvalue weighted by atomic mass is 32.1. The topological polar surface area (TPSA) is 86.1 Å². The third-order valence-corrected chi connectivity index (χ3v) is 6.71. The van der Waals surface area contributed by atoms with Gasteiger partial charge >= 0.3 is 0 Å². The first-order chi connectivity index (χ1) is 16.9. The number of nitrogens with one attached hydrogen (secondary N) is 1. The van der Waals surface area contributed by atoms with Gasteiger partial charge in [-0.15, -0.1) is 11.3 Å². The maximum Gasteiger partial charge on any atom is 0.266 e. The van der Waals surface area contributed by atoms with Gasteiger partial charge in [0.05, 0.1) is 17.1 Å². The summed E-state index contributed by atoms with van der Waals surface area (Å²) in [5.41, 5.74) is 3.57. The summed E-state index contributed by atoms with van der Waals surface area (Å²) in [6.07, 6.45) is 0. The molecule has 0 unspecified atom stereocenters. The third-order valence-electron chi connectivity index (χ3n) is 5.48. The lowest BCUT2D eigenvalue weighted by molar-refractivity contribution is -0.123. The fourth-order valence-corrected chi connectivity index (χ4v) is 4.56. The summed E-state index contributed by atoms with van der Waals surface area (Å²) >= 11 is 1.54. The van der Waals surface area contributed by atoms with Crippen LogP contribution in [0.2, 0.25) is 0 Å². The van der Waals surface area contributed by atoms with Gasteiger partial charge in [0.1, 0.15) is 16.5 Å². The molecule has 0 bridgehead atoms. The summed E-state index contributed by atoms with van der Waals surface area (Å²) in [6.45, 7) is 6.61. The van der Waals surface area contributed by atoms with Crippen molar-refractivity contribution >= 4 is 17.2 Å². The Morgan fingerprint density at radius 3 is 2.51 bits per heavy atom.